The number of aryl methyl sites for hydroxylation is 1. The number of amides is 1. The summed E-state index contributed by atoms with van der Waals surface area (Å²) in [4.78, 5) is 12.0. The largest absolute Gasteiger partial charge is 0.281 e. The number of sulfone groups is 1. The van der Waals surface area contributed by atoms with Crippen LogP contribution in [-0.2, 0) is 16.3 Å². The molecule has 3 aromatic carbocycles. The molecule has 0 spiro atoms. The molecule has 1 N–H and O–H groups in total. The number of benzene rings is 3. The van der Waals surface area contributed by atoms with E-state index < -0.39 is 15.1 Å². The average molecular weight is 432 g/mol. The molecule has 0 fully saturated rings. The van der Waals surface area contributed by atoms with Gasteiger partial charge in [-0.3, -0.25) is 10.1 Å². The first-order valence-electron chi connectivity index (χ1n) is 10.1. The fourth-order valence-corrected chi connectivity index (χ4v) is 4.98. The summed E-state index contributed by atoms with van der Waals surface area (Å²) in [6.45, 7) is 3.60. The summed E-state index contributed by atoms with van der Waals surface area (Å²) in [5.41, 5.74) is 3.97. The summed E-state index contributed by atoms with van der Waals surface area (Å²) in [6, 6.07) is 26.6. The number of rotatable bonds is 6. The van der Waals surface area contributed by atoms with Crippen molar-refractivity contribution in [2.45, 2.75) is 25.5 Å². The second kappa shape index (κ2) is 10.1. The second-order valence-electron chi connectivity index (χ2n) is 7.23. The van der Waals surface area contributed by atoms with E-state index in [9.17, 15) is 13.2 Å². The zero-order chi connectivity index (χ0) is 22.3. The molecule has 158 valence electrons. The van der Waals surface area contributed by atoms with Crippen LogP contribution in [0.2, 0.25) is 0 Å². The topological polar surface area (TPSA) is 63.2 Å². The van der Waals surface area contributed by atoms with Crippen LogP contribution in [0.1, 0.15) is 44.8 Å². The Balaban J connectivity index is 1.77. The molecule has 0 aliphatic carbocycles. The lowest BCUT2D eigenvalue weighted by molar-refractivity contribution is 0.0973. The maximum Gasteiger partial charge on any atom is 0.262 e. The molecule has 0 radical (unpaired) electrons. The second-order valence-corrected chi connectivity index (χ2v) is 9.61. The summed E-state index contributed by atoms with van der Waals surface area (Å²) >= 11 is 0. The lowest BCUT2D eigenvalue weighted by atomic mass is 9.97. The lowest BCUT2D eigenvalue weighted by Crippen LogP contribution is -2.18. The third kappa shape index (κ3) is 5.62. The van der Waals surface area contributed by atoms with Gasteiger partial charge in [-0.2, -0.15) is 0 Å². The Labute approximate surface area is 184 Å². The van der Waals surface area contributed by atoms with E-state index in [1.807, 2.05) is 61.5 Å². The predicted molar refractivity (Wildman–Crippen MR) is 124 cm³/mol. The minimum atomic E-state index is -3.33. The van der Waals surface area contributed by atoms with Gasteiger partial charge in [0, 0.05) is 23.8 Å². The van der Waals surface area contributed by atoms with E-state index in [1.54, 1.807) is 31.2 Å². The van der Waals surface area contributed by atoms with Gasteiger partial charge in [0.1, 0.15) is 5.25 Å². The minimum Gasteiger partial charge on any atom is -0.281 e. The first kappa shape index (κ1) is 22.3. The Morgan fingerprint density at radius 3 is 2.23 bits per heavy atom. The molecule has 1 unspecified atom stereocenters. The van der Waals surface area contributed by atoms with Crippen LogP contribution >= 0.6 is 0 Å². The van der Waals surface area contributed by atoms with Gasteiger partial charge in [0.05, 0.1) is 0 Å². The molecule has 0 aliphatic rings. The first-order chi connectivity index (χ1) is 14.9. The fraction of sp³-hybridized carbons (Fsp3) is 0.192. The van der Waals surface area contributed by atoms with Crippen molar-refractivity contribution in [2.75, 3.05) is 5.75 Å². The van der Waals surface area contributed by atoms with Crippen LogP contribution in [0.3, 0.4) is 0 Å². The summed E-state index contributed by atoms with van der Waals surface area (Å²) < 4.78 is 25.7. The van der Waals surface area contributed by atoms with Crippen LogP contribution in [0.5, 0.6) is 0 Å². The van der Waals surface area contributed by atoms with E-state index in [-0.39, 0.29) is 11.7 Å². The normalized spacial score (nSPS) is 11.8. The number of carbonyl (C=O) groups is 1. The first-order valence-corrected chi connectivity index (χ1v) is 11.8. The van der Waals surface area contributed by atoms with E-state index in [0.717, 1.165) is 22.3 Å². The van der Waals surface area contributed by atoms with Crippen molar-refractivity contribution in [2.24, 2.45) is 0 Å². The smallest absolute Gasteiger partial charge is 0.262 e. The number of hydrogen-bond acceptors (Lipinski definition) is 3. The molecule has 0 heterocycles. The van der Waals surface area contributed by atoms with Crippen molar-refractivity contribution in [1.29, 1.82) is 0 Å². The molecule has 5 heteroatoms. The molecule has 1 atom stereocenters. The summed E-state index contributed by atoms with van der Waals surface area (Å²) in [5, 5.41) is 1.89. The van der Waals surface area contributed by atoms with Crippen LogP contribution in [0.25, 0.3) is 0 Å². The SMILES string of the molecule is CCS(=O)(=O)C(c1ccccc1)c1ccc(CC#CNC(=O)c2ccccc2)cc1C. The van der Waals surface area contributed by atoms with E-state index >= 15 is 0 Å². The molecule has 0 saturated carbocycles. The maximum absolute atomic E-state index is 12.9. The van der Waals surface area contributed by atoms with Crippen molar-refractivity contribution >= 4 is 15.7 Å². The monoisotopic (exact) mass is 431 g/mol. The van der Waals surface area contributed by atoms with Crippen molar-refractivity contribution in [3.8, 4) is 12.0 Å². The summed E-state index contributed by atoms with van der Waals surface area (Å²) in [6.07, 6.45) is 0.451. The number of nitrogens with one attached hydrogen (secondary N) is 1. The Morgan fingerprint density at radius 2 is 1.61 bits per heavy atom. The van der Waals surface area contributed by atoms with E-state index in [1.165, 1.54) is 0 Å². The molecular weight excluding hydrogens is 406 g/mol. The molecule has 0 saturated heterocycles. The molecule has 0 bridgehead atoms. The van der Waals surface area contributed by atoms with Gasteiger partial charge in [-0.15, -0.1) is 0 Å². The maximum atomic E-state index is 12.9. The third-order valence-corrected chi connectivity index (χ3v) is 7.12. The average Bonchev–Trinajstić information content (AvgIpc) is 2.79. The number of hydrogen-bond donors (Lipinski definition) is 1. The molecule has 3 aromatic rings. The van der Waals surface area contributed by atoms with Gasteiger partial charge in [-0.05, 0) is 41.3 Å². The molecule has 31 heavy (non-hydrogen) atoms. The van der Waals surface area contributed by atoms with Gasteiger partial charge in [0.15, 0.2) is 9.84 Å². The van der Waals surface area contributed by atoms with E-state index in [4.69, 9.17) is 0 Å². The standard InChI is InChI=1S/C26H25NO3S/c1-3-31(29,30)25(22-12-6-4-7-13-22)24-17-16-21(19-20(24)2)11-10-18-27-26(28)23-14-8-5-9-15-23/h4-9,12-17,19,25H,3,11H2,1-2H3,(H,27,28). The van der Waals surface area contributed by atoms with E-state index in [2.05, 4.69) is 17.3 Å². The van der Waals surface area contributed by atoms with Gasteiger partial charge in [-0.25, -0.2) is 8.42 Å². The zero-order valence-corrected chi connectivity index (χ0v) is 18.4. The summed E-state index contributed by atoms with van der Waals surface area (Å²) in [7, 11) is -3.33. The van der Waals surface area contributed by atoms with Gasteiger partial charge >= 0.3 is 0 Å². The Morgan fingerprint density at radius 1 is 0.968 bits per heavy atom. The van der Waals surface area contributed by atoms with Crippen molar-refractivity contribution in [3.05, 3.63) is 107 Å². The van der Waals surface area contributed by atoms with Crippen LogP contribution in [0, 0.1) is 18.9 Å². The molecule has 3 rings (SSSR count). The third-order valence-electron chi connectivity index (χ3n) is 5.07. The van der Waals surface area contributed by atoms with Crippen LogP contribution < -0.4 is 5.32 Å². The van der Waals surface area contributed by atoms with Gasteiger partial charge < -0.3 is 0 Å². The van der Waals surface area contributed by atoms with Crippen LogP contribution in [0.4, 0.5) is 0 Å². The van der Waals surface area contributed by atoms with Crippen molar-refractivity contribution < 1.29 is 13.2 Å². The quantitative estimate of drug-likeness (QED) is 0.463. The zero-order valence-electron chi connectivity index (χ0n) is 17.6. The van der Waals surface area contributed by atoms with Gasteiger partial charge in [0.25, 0.3) is 5.91 Å². The van der Waals surface area contributed by atoms with Crippen molar-refractivity contribution in [1.82, 2.24) is 5.32 Å². The Kier molecular flexibility index (Phi) is 7.28. The highest BCUT2D eigenvalue weighted by Crippen LogP contribution is 2.33. The van der Waals surface area contributed by atoms with E-state index in [0.29, 0.717) is 12.0 Å². The minimum absolute atomic E-state index is 0.0698. The lowest BCUT2D eigenvalue weighted by Gasteiger charge is -2.20. The molecule has 0 aliphatic heterocycles. The fourth-order valence-electron chi connectivity index (χ4n) is 3.43. The number of carbonyl (C=O) groups excluding carboxylic acids is 1. The highest BCUT2D eigenvalue weighted by Gasteiger charge is 2.28. The molecule has 4 nitrogen and oxygen atoms in total. The Hall–Kier alpha value is -3.36. The highest BCUT2D eigenvalue weighted by atomic mass is 32.2. The predicted octanol–water partition coefficient (Wildman–Crippen LogP) is 4.45. The van der Waals surface area contributed by atoms with Crippen LogP contribution in [0.15, 0.2) is 78.9 Å². The Bertz CT molecular complexity index is 1210. The van der Waals surface area contributed by atoms with Gasteiger partial charge in [0.2, 0.25) is 0 Å². The van der Waals surface area contributed by atoms with Gasteiger partial charge in [-0.1, -0.05) is 79.6 Å². The van der Waals surface area contributed by atoms with Crippen molar-refractivity contribution in [3.63, 3.8) is 0 Å². The molecule has 1 amide bonds. The summed E-state index contributed by atoms with van der Waals surface area (Å²) in [5.74, 6) is 2.78. The highest BCUT2D eigenvalue weighted by molar-refractivity contribution is 7.91. The molecular formula is C26H25NO3S. The van der Waals surface area contributed by atoms with Crippen LogP contribution in [-0.4, -0.2) is 20.1 Å². The molecule has 0 aromatic heterocycles.